The fourth-order valence-corrected chi connectivity index (χ4v) is 3.40. The lowest BCUT2D eigenvalue weighted by Crippen LogP contribution is -2.41. The van der Waals surface area contributed by atoms with Crippen LogP contribution in [0, 0.1) is 16.0 Å². The van der Waals surface area contributed by atoms with E-state index in [0.29, 0.717) is 12.5 Å². The molecule has 9 heteroatoms. The third-order valence-electron chi connectivity index (χ3n) is 4.15. The van der Waals surface area contributed by atoms with Crippen LogP contribution in [0.2, 0.25) is 0 Å². The predicted octanol–water partition coefficient (Wildman–Crippen LogP) is 2.69. The van der Waals surface area contributed by atoms with Crippen LogP contribution >= 0.6 is 0 Å². The van der Waals surface area contributed by atoms with Crippen molar-refractivity contribution in [3.8, 4) is 0 Å². The molecule has 1 aromatic rings. The van der Waals surface area contributed by atoms with Crippen LogP contribution in [-0.4, -0.2) is 38.6 Å². The van der Waals surface area contributed by atoms with Crippen molar-refractivity contribution < 1.29 is 18.1 Å². The van der Waals surface area contributed by atoms with E-state index < -0.39 is 27.4 Å². The highest BCUT2D eigenvalue weighted by atomic mass is 32.2. The van der Waals surface area contributed by atoms with Crippen LogP contribution in [0.15, 0.2) is 24.3 Å². The minimum Gasteiger partial charge on any atom is -0.354 e. The number of carbonyl (C=O) groups is 1. The van der Waals surface area contributed by atoms with Gasteiger partial charge in [-0.3, -0.25) is 19.2 Å². The van der Waals surface area contributed by atoms with E-state index >= 15 is 0 Å². The Morgan fingerprint density at radius 1 is 1.35 bits per heavy atom. The third-order valence-corrected chi connectivity index (χ3v) is 5.29. The van der Waals surface area contributed by atoms with Crippen LogP contribution in [0.5, 0.6) is 0 Å². The molecule has 0 aliphatic rings. The Morgan fingerprint density at radius 2 is 2.04 bits per heavy atom. The van der Waals surface area contributed by atoms with E-state index in [1.807, 2.05) is 0 Å². The number of hydrogen-bond acceptors (Lipinski definition) is 5. The SMILES string of the molecule is CCCC[C@H](CC)CNC(=O)CN(c1cccc([N+](=O)[O-])c1)S(C)(=O)=O. The summed E-state index contributed by atoms with van der Waals surface area (Å²) in [6.07, 6.45) is 5.07. The second-order valence-electron chi connectivity index (χ2n) is 6.27. The number of anilines is 1. The largest absolute Gasteiger partial charge is 0.354 e. The number of unbranched alkanes of at least 4 members (excludes halogenated alkanes) is 1. The quantitative estimate of drug-likeness (QED) is 0.465. The van der Waals surface area contributed by atoms with Crippen LogP contribution in [0.25, 0.3) is 0 Å². The maximum absolute atomic E-state index is 12.2. The minimum absolute atomic E-state index is 0.0925. The molecule has 1 atom stereocenters. The molecule has 1 aromatic carbocycles. The van der Waals surface area contributed by atoms with Gasteiger partial charge in [-0.1, -0.05) is 39.2 Å². The lowest BCUT2D eigenvalue weighted by Gasteiger charge is -2.22. The number of amides is 1. The molecule has 0 aliphatic heterocycles. The lowest BCUT2D eigenvalue weighted by molar-refractivity contribution is -0.384. The summed E-state index contributed by atoms with van der Waals surface area (Å²) < 4.78 is 25.0. The standard InChI is InChI=1S/C17H27N3O5S/c1-4-6-8-14(5-2)12-18-17(21)13-19(26(3,24)25)15-9-7-10-16(11-15)20(22)23/h7,9-11,14H,4-6,8,12-13H2,1-3H3,(H,18,21)/t14-/m0/s1. The monoisotopic (exact) mass is 385 g/mol. The molecule has 0 radical (unpaired) electrons. The number of nitrogens with zero attached hydrogens (tertiary/aromatic N) is 2. The van der Waals surface area contributed by atoms with Crippen molar-refractivity contribution in [1.29, 1.82) is 0 Å². The van der Waals surface area contributed by atoms with Gasteiger partial charge in [-0.05, 0) is 18.4 Å². The van der Waals surface area contributed by atoms with Gasteiger partial charge in [0.1, 0.15) is 6.54 Å². The van der Waals surface area contributed by atoms with Gasteiger partial charge in [0.2, 0.25) is 15.9 Å². The third kappa shape index (κ3) is 6.99. The van der Waals surface area contributed by atoms with Gasteiger partial charge >= 0.3 is 0 Å². The lowest BCUT2D eigenvalue weighted by atomic mass is 9.99. The van der Waals surface area contributed by atoms with Crippen molar-refractivity contribution in [3.05, 3.63) is 34.4 Å². The van der Waals surface area contributed by atoms with Crippen molar-refractivity contribution in [2.75, 3.05) is 23.7 Å². The molecule has 0 fully saturated rings. The van der Waals surface area contributed by atoms with Crippen LogP contribution in [0.4, 0.5) is 11.4 Å². The average molecular weight is 385 g/mol. The molecule has 1 amide bonds. The Hall–Kier alpha value is -2.16. The number of hydrogen-bond donors (Lipinski definition) is 1. The van der Waals surface area contributed by atoms with Crippen LogP contribution in [0.1, 0.15) is 39.5 Å². The Kier molecular flexibility index (Phi) is 8.50. The summed E-state index contributed by atoms with van der Waals surface area (Å²) in [6.45, 7) is 4.23. The Balaban J connectivity index is 2.84. The zero-order valence-corrected chi connectivity index (χ0v) is 16.3. The summed E-state index contributed by atoms with van der Waals surface area (Å²) in [5.74, 6) is -0.0831. The average Bonchev–Trinajstić information content (AvgIpc) is 2.59. The Bertz CT molecular complexity index is 721. The highest BCUT2D eigenvalue weighted by Gasteiger charge is 2.22. The van der Waals surface area contributed by atoms with Crippen molar-refractivity contribution in [2.45, 2.75) is 39.5 Å². The van der Waals surface area contributed by atoms with E-state index in [1.54, 1.807) is 0 Å². The molecule has 0 spiro atoms. The number of benzene rings is 1. The molecule has 0 heterocycles. The van der Waals surface area contributed by atoms with E-state index in [1.165, 1.54) is 18.2 Å². The predicted molar refractivity (Wildman–Crippen MR) is 102 cm³/mol. The first-order chi connectivity index (χ1) is 12.2. The van der Waals surface area contributed by atoms with Crippen LogP contribution < -0.4 is 9.62 Å². The number of nitro benzene ring substituents is 1. The molecule has 0 saturated heterocycles. The number of rotatable bonds is 11. The smallest absolute Gasteiger partial charge is 0.271 e. The van der Waals surface area contributed by atoms with E-state index in [4.69, 9.17) is 0 Å². The number of nitrogens with one attached hydrogen (secondary N) is 1. The van der Waals surface area contributed by atoms with Gasteiger partial charge in [-0.15, -0.1) is 0 Å². The molecule has 8 nitrogen and oxygen atoms in total. The molecular weight excluding hydrogens is 358 g/mol. The first-order valence-electron chi connectivity index (χ1n) is 8.67. The van der Waals surface area contributed by atoms with Gasteiger partial charge < -0.3 is 5.32 Å². The zero-order valence-electron chi connectivity index (χ0n) is 15.5. The van der Waals surface area contributed by atoms with Gasteiger partial charge in [-0.2, -0.15) is 0 Å². The minimum atomic E-state index is -3.76. The molecule has 1 N–H and O–H groups in total. The first kappa shape index (κ1) is 21.9. The second kappa shape index (κ2) is 10.1. The number of nitro groups is 1. The molecule has 146 valence electrons. The topological polar surface area (TPSA) is 110 Å². The number of sulfonamides is 1. The van der Waals surface area contributed by atoms with Gasteiger partial charge in [0.25, 0.3) is 5.69 Å². The maximum Gasteiger partial charge on any atom is 0.271 e. The van der Waals surface area contributed by atoms with Gasteiger partial charge in [-0.25, -0.2) is 8.42 Å². The van der Waals surface area contributed by atoms with Crippen LogP contribution in [0.3, 0.4) is 0 Å². The van der Waals surface area contributed by atoms with E-state index in [9.17, 15) is 23.3 Å². The fraction of sp³-hybridized carbons (Fsp3) is 0.588. The first-order valence-corrected chi connectivity index (χ1v) is 10.5. The van der Waals surface area contributed by atoms with Gasteiger partial charge in [0.05, 0.1) is 16.9 Å². The molecule has 0 saturated carbocycles. The normalized spacial score (nSPS) is 12.4. The molecule has 0 bridgehead atoms. The van der Waals surface area contributed by atoms with Gasteiger partial charge in [0.15, 0.2) is 0 Å². The molecule has 26 heavy (non-hydrogen) atoms. The fourth-order valence-electron chi connectivity index (χ4n) is 2.55. The van der Waals surface area contributed by atoms with Gasteiger partial charge in [0, 0.05) is 18.7 Å². The highest BCUT2D eigenvalue weighted by molar-refractivity contribution is 7.92. The summed E-state index contributed by atoms with van der Waals surface area (Å²) >= 11 is 0. The summed E-state index contributed by atoms with van der Waals surface area (Å²) in [5, 5.41) is 13.7. The highest BCUT2D eigenvalue weighted by Crippen LogP contribution is 2.23. The molecule has 0 aliphatic carbocycles. The van der Waals surface area contributed by atoms with Crippen molar-refractivity contribution in [3.63, 3.8) is 0 Å². The van der Waals surface area contributed by atoms with Crippen molar-refractivity contribution >= 4 is 27.3 Å². The molecule has 1 rings (SSSR count). The zero-order chi connectivity index (χ0) is 19.7. The number of carbonyl (C=O) groups excluding carboxylic acids is 1. The van der Waals surface area contributed by atoms with E-state index in [2.05, 4.69) is 19.2 Å². The Labute approximate surface area is 154 Å². The summed E-state index contributed by atoms with van der Waals surface area (Å²) in [6, 6.07) is 5.23. The summed E-state index contributed by atoms with van der Waals surface area (Å²) in [7, 11) is -3.76. The number of non-ortho nitro benzene ring substituents is 1. The van der Waals surface area contributed by atoms with Crippen molar-refractivity contribution in [2.24, 2.45) is 5.92 Å². The Morgan fingerprint density at radius 3 is 2.58 bits per heavy atom. The molecular formula is C17H27N3O5S. The summed E-state index contributed by atoms with van der Waals surface area (Å²) in [5.41, 5.74) is -0.142. The van der Waals surface area contributed by atoms with E-state index in [-0.39, 0.29) is 11.4 Å². The van der Waals surface area contributed by atoms with Crippen LogP contribution in [-0.2, 0) is 14.8 Å². The molecule has 0 unspecified atom stereocenters. The van der Waals surface area contributed by atoms with Crippen molar-refractivity contribution in [1.82, 2.24) is 5.32 Å². The van der Waals surface area contributed by atoms with E-state index in [0.717, 1.165) is 42.3 Å². The second-order valence-corrected chi connectivity index (χ2v) is 8.17. The molecule has 0 aromatic heterocycles. The maximum atomic E-state index is 12.2. The summed E-state index contributed by atoms with van der Waals surface area (Å²) in [4.78, 5) is 22.5.